The summed E-state index contributed by atoms with van der Waals surface area (Å²) in [5, 5.41) is 11.9. The van der Waals surface area contributed by atoms with Gasteiger partial charge in [-0.1, -0.05) is 26.2 Å². The van der Waals surface area contributed by atoms with E-state index in [4.69, 9.17) is 16.1 Å². The smallest absolute Gasteiger partial charge is 0.170 e. The van der Waals surface area contributed by atoms with Gasteiger partial charge in [0.2, 0.25) is 0 Å². The minimum atomic E-state index is 0.147. The minimum absolute atomic E-state index is 0.147. The van der Waals surface area contributed by atoms with Gasteiger partial charge in [-0.2, -0.15) is 9.78 Å². The normalized spacial score (nSPS) is 16.6. The van der Waals surface area contributed by atoms with Gasteiger partial charge in [0.1, 0.15) is 5.69 Å². The van der Waals surface area contributed by atoms with Gasteiger partial charge in [-0.3, -0.25) is 9.71 Å². The fourth-order valence-electron chi connectivity index (χ4n) is 3.31. The maximum Gasteiger partial charge on any atom is 0.170 e. The molecule has 8 nitrogen and oxygen atoms in total. The minimum Gasteiger partial charge on any atom is -0.404 e. The van der Waals surface area contributed by atoms with Crippen molar-refractivity contribution < 1.29 is 0 Å². The molecule has 1 unspecified atom stereocenters. The fraction of sp³-hybridized carbons (Fsp3) is 0.556. The molecule has 0 radical (unpaired) electrons. The summed E-state index contributed by atoms with van der Waals surface area (Å²) in [6.07, 6.45) is 9.41. The lowest BCUT2D eigenvalue weighted by molar-refractivity contribution is 0.541. The van der Waals surface area contributed by atoms with Crippen LogP contribution < -0.4 is 20.8 Å². The molecule has 1 atom stereocenters. The van der Waals surface area contributed by atoms with Crippen LogP contribution in [0.2, 0.25) is 0 Å². The van der Waals surface area contributed by atoms with Crippen molar-refractivity contribution in [3.8, 4) is 0 Å². The van der Waals surface area contributed by atoms with E-state index in [0.717, 1.165) is 57.6 Å². The van der Waals surface area contributed by atoms with Gasteiger partial charge < -0.3 is 16.0 Å². The van der Waals surface area contributed by atoms with Crippen molar-refractivity contribution in [2.45, 2.75) is 45.1 Å². The van der Waals surface area contributed by atoms with Crippen LogP contribution in [0.1, 0.15) is 44.7 Å². The van der Waals surface area contributed by atoms with Crippen molar-refractivity contribution in [2.75, 3.05) is 24.5 Å². The van der Waals surface area contributed by atoms with Crippen molar-refractivity contribution >= 4 is 37.1 Å². The van der Waals surface area contributed by atoms with Crippen LogP contribution >= 0.6 is 12.8 Å². The Morgan fingerprint density at radius 3 is 2.78 bits per heavy atom. The van der Waals surface area contributed by atoms with Crippen LogP contribution in [0.3, 0.4) is 0 Å². The Morgan fingerprint density at radius 1 is 1.48 bits per heavy atom. The summed E-state index contributed by atoms with van der Waals surface area (Å²) in [6.45, 7) is 8.50. The summed E-state index contributed by atoms with van der Waals surface area (Å²) in [5.41, 5.74) is 7.56. The standard InChI is InChI=1S/C18H30N8S/c1-3-6-15(7-8-23-27)24-16-13-22-17(14(11-19)12-20)18(26(16)21-2)25-9-4-5-10-25/h11-13,15,19,23,27H,2-10,20H2,1H3/b14-12+,19-11?,24-16-. The Hall–Kier alpha value is -2.13. The highest BCUT2D eigenvalue weighted by Crippen LogP contribution is 2.26. The quantitative estimate of drug-likeness (QED) is 0.361. The van der Waals surface area contributed by atoms with Gasteiger partial charge in [-0.15, -0.1) is 0 Å². The third-order valence-electron chi connectivity index (χ3n) is 4.62. The molecule has 1 aromatic rings. The lowest BCUT2D eigenvalue weighted by Crippen LogP contribution is -2.31. The highest BCUT2D eigenvalue weighted by molar-refractivity contribution is 7.78. The van der Waals surface area contributed by atoms with Gasteiger partial charge in [0.25, 0.3) is 0 Å². The lowest BCUT2D eigenvalue weighted by Gasteiger charge is -2.23. The second-order valence-electron chi connectivity index (χ2n) is 6.47. The number of allylic oxidation sites excluding steroid dienone is 1. The molecule has 1 aliphatic heterocycles. The first-order valence-corrected chi connectivity index (χ1v) is 9.82. The van der Waals surface area contributed by atoms with Crippen LogP contribution in [0.15, 0.2) is 22.5 Å². The van der Waals surface area contributed by atoms with E-state index in [-0.39, 0.29) is 6.04 Å². The zero-order valence-electron chi connectivity index (χ0n) is 15.9. The summed E-state index contributed by atoms with van der Waals surface area (Å²) in [7, 11) is 0. The van der Waals surface area contributed by atoms with E-state index in [1.54, 1.807) is 10.9 Å². The van der Waals surface area contributed by atoms with Crippen LogP contribution in [0.25, 0.3) is 5.57 Å². The molecule has 1 fully saturated rings. The van der Waals surface area contributed by atoms with Crippen LogP contribution in [0.4, 0.5) is 5.82 Å². The lowest BCUT2D eigenvalue weighted by atomic mass is 10.1. The first kappa shape index (κ1) is 21.2. The van der Waals surface area contributed by atoms with Crippen LogP contribution in [0.5, 0.6) is 0 Å². The van der Waals surface area contributed by atoms with Crippen molar-refractivity contribution in [3.05, 3.63) is 23.6 Å². The molecule has 1 aromatic heterocycles. The number of anilines is 1. The molecule has 9 heteroatoms. The van der Waals surface area contributed by atoms with E-state index < -0.39 is 0 Å². The van der Waals surface area contributed by atoms with Crippen LogP contribution in [-0.4, -0.2) is 48.3 Å². The Balaban J connectivity index is 2.62. The first-order chi connectivity index (χ1) is 13.2. The number of rotatable bonds is 10. The number of aromatic nitrogens is 2. The van der Waals surface area contributed by atoms with Crippen LogP contribution in [0, 0.1) is 5.41 Å². The van der Waals surface area contributed by atoms with E-state index in [0.29, 0.717) is 16.8 Å². The van der Waals surface area contributed by atoms with E-state index in [9.17, 15) is 0 Å². The summed E-state index contributed by atoms with van der Waals surface area (Å²) in [4.78, 5) is 11.7. The number of thiol groups is 1. The highest BCUT2D eigenvalue weighted by Gasteiger charge is 2.22. The Bertz CT molecular complexity index is 733. The van der Waals surface area contributed by atoms with Crippen molar-refractivity contribution in [3.63, 3.8) is 0 Å². The molecule has 0 saturated carbocycles. The molecule has 4 N–H and O–H groups in total. The van der Waals surface area contributed by atoms with E-state index in [2.05, 4.69) is 46.2 Å². The first-order valence-electron chi connectivity index (χ1n) is 9.37. The fourth-order valence-corrected chi connectivity index (χ4v) is 3.44. The second-order valence-corrected chi connectivity index (χ2v) is 6.79. The maximum absolute atomic E-state index is 7.66. The number of hydrogen-bond donors (Lipinski definition) is 4. The predicted molar refractivity (Wildman–Crippen MR) is 115 cm³/mol. The molecule has 2 heterocycles. The Kier molecular flexibility index (Phi) is 8.53. The molecular weight excluding hydrogens is 360 g/mol. The molecule has 0 aromatic carbocycles. The monoisotopic (exact) mass is 390 g/mol. The van der Waals surface area contributed by atoms with Gasteiger partial charge in [-0.05, 0) is 25.7 Å². The zero-order valence-corrected chi connectivity index (χ0v) is 16.8. The Morgan fingerprint density at radius 2 is 2.22 bits per heavy atom. The summed E-state index contributed by atoms with van der Waals surface area (Å²) in [6, 6.07) is 0.147. The number of nitrogens with zero attached hydrogens (tertiary/aromatic N) is 5. The molecule has 1 aliphatic rings. The van der Waals surface area contributed by atoms with Gasteiger partial charge in [-0.25, -0.2) is 4.98 Å². The van der Waals surface area contributed by atoms with E-state index in [1.165, 1.54) is 12.4 Å². The summed E-state index contributed by atoms with van der Waals surface area (Å²) in [5.74, 6) is 0.798. The average Bonchev–Trinajstić information content (AvgIpc) is 3.22. The van der Waals surface area contributed by atoms with Crippen molar-refractivity contribution in [1.82, 2.24) is 14.4 Å². The molecule has 148 valence electrons. The summed E-state index contributed by atoms with van der Waals surface area (Å²) >= 11 is 4.08. The third kappa shape index (κ3) is 5.20. The number of nitrogens with two attached hydrogens (primary N) is 1. The molecule has 0 bridgehead atoms. The molecule has 0 amide bonds. The maximum atomic E-state index is 7.66. The van der Waals surface area contributed by atoms with Crippen molar-refractivity contribution in [1.29, 1.82) is 5.41 Å². The van der Waals surface area contributed by atoms with E-state index >= 15 is 0 Å². The SMILES string of the molecule is C=Nn1c(N2CCCC2)c(/C(C=N)=C/N)nc/c1=N/C(CCC)CCNS. The zero-order chi connectivity index (χ0) is 19.6. The van der Waals surface area contributed by atoms with Gasteiger partial charge in [0.15, 0.2) is 11.3 Å². The van der Waals surface area contributed by atoms with Crippen LogP contribution in [-0.2, 0) is 0 Å². The third-order valence-corrected chi connectivity index (χ3v) is 4.84. The molecule has 2 rings (SSSR count). The van der Waals surface area contributed by atoms with E-state index in [1.807, 2.05) is 0 Å². The molecule has 0 spiro atoms. The predicted octanol–water partition coefficient (Wildman–Crippen LogP) is 1.79. The number of nitrogens with one attached hydrogen (secondary N) is 2. The topological polar surface area (TPSA) is 108 Å². The largest absolute Gasteiger partial charge is 0.404 e. The highest BCUT2D eigenvalue weighted by atomic mass is 32.1. The molecular formula is C18H30N8S. The average molecular weight is 391 g/mol. The Labute approximate surface area is 166 Å². The molecule has 27 heavy (non-hydrogen) atoms. The number of hydrogen-bond acceptors (Lipinski definition) is 8. The molecule has 0 aliphatic carbocycles. The summed E-state index contributed by atoms with van der Waals surface area (Å²) < 4.78 is 4.62. The van der Waals surface area contributed by atoms with Crippen molar-refractivity contribution in [2.24, 2.45) is 15.8 Å². The second kappa shape index (κ2) is 10.9. The molecule has 1 saturated heterocycles. The van der Waals surface area contributed by atoms with Gasteiger partial charge >= 0.3 is 0 Å². The van der Waals surface area contributed by atoms with Gasteiger partial charge in [0, 0.05) is 44.3 Å². The van der Waals surface area contributed by atoms with Gasteiger partial charge in [0.05, 0.1) is 12.2 Å².